The molecular weight excluding hydrogens is 348 g/mol. The zero-order valence-corrected chi connectivity index (χ0v) is 15.4. The maximum atomic E-state index is 12.6. The molecule has 0 spiro atoms. The Labute approximate surface area is 157 Å². The Hall–Kier alpha value is -3.35. The summed E-state index contributed by atoms with van der Waals surface area (Å²) in [7, 11) is 1.63. The number of nitrogens with zero attached hydrogens (tertiary/aromatic N) is 1. The van der Waals surface area contributed by atoms with Crippen LogP contribution in [0.5, 0.6) is 5.75 Å². The summed E-state index contributed by atoms with van der Waals surface area (Å²) in [5.41, 5.74) is 1.57. The first-order chi connectivity index (χ1) is 12.8. The lowest BCUT2D eigenvalue weighted by Crippen LogP contribution is -2.30. The van der Waals surface area contributed by atoms with Crippen LogP contribution in [0.25, 0.3) is 0 Å². The predicted molar refractivity (Wildman–Crippen MR) is 101 cm³/mol. The summed E-state index contributed by atoms with van der Waals surface area (Å²) in [6.45, 7) is 3.33. The number of benzene rings is 2. The molecule has 27 heavy (non-hydrogen) atoms. The third-order valence-electron chi connectivity index (χ3n) is 3.70. The van der Waals surface area contributed by atoms with Crippen molar-refractivity contribution in [2.75, 3.05) is 18.6 Å². The van der Waals surface area contributed by atoms with E-state index in [1.807, 2.05) is 13.8 Å². The number of amides is 2. The van der Waals surface area contributed by atoms with Crippen LogP contribution in [-0.4, -0.2) is 42.6 Å². The molecule has 2 amide bonds. The Bertz CT molecular complexity index is 813. The van der Waals surface area contributed by atoms with E-state index in [-0.39, 0.29) is 17.9 Å². The molecule has 0 aliphatic rings. The summed E-state index contributed by atoms with van der Waals surface area (Å²) >= 11 is 0. The molecule has 7 nitrogen and oxygen atoms in total. The standard InChI is InChI=1S/C20H22N2O5/c1-13(2)21-19(25)14-4-6-15(7-5-14)20(26)22(3)16-8-10-17(11-9-16)27-12-18(23)24/h4-11,13H,12H2,1-3H3,(H,21,25)(H,23,24). The van der Waals surface area contributed by atoms with E-state index in [1.165, 1.54) is 4.90 Å². The molecule has 0 heterocycles. The lowest BCUT2D eigenvalue weighted by atomic mass is 10.1. The summed E-state index contributed by atoms with van der Waals surface area (Å²) < 4.78 is 5.07. The average molecular weight is 370 g/mol. The summed E-state index contributed by atoms with van der Waals surface area (Å²) in [6, 6.07) is 13.0. The minimum Gasteiger partial charge on any atom is -0.482 e. The third kappa shape index (κ3) is 5.57. The van der Waals surface area contributed by atoms with Gasteiger partial charge in [-0.15, -0.1) is 0 Å². The zero-order chi connectivity index (χ0) is 20.0. The fourth-order valence-corrected chi connectivity index (χ4v) is 2.33. The van der Waals surface area contributed by atoms with Crippen LogP contribution in [-0.2, 0) is 4.79 Å². The lowest BCUT2D eigenvalue weighted by molar-refractivity contribution is -0.139. The quantitative estimate of drug-likeness (QED) is 0.781. The van der Waals surface area contributed by atoms with Gasteiger partial charge in [0.1, 0.15) is 5.75 Å². The second-order valence-corrected chi connectivity index (χ2v) is 6.25. The fourth-order valence-electron chi connectivity index (χ4n) is 2.33. The molecule has 0 atom stereocenters. The highest BCUT2D eigenvalue weighted by molar-refractivity contribution is 6.06. The van der Waals surface area contributed by atoms with E-state index in [0.29, 0.717) is 22.6 Å². The van der Waals surface area contributed by atoms with Gasteiger partial charge < -0.3 is 20.1 Å². The van der Waals surface area contributed by atoms with Gasteiger partial charge in [-0.3, -0.25) is 9.59 Å². The van der Waals surface area contributed by atoms with E-state index in [4.69, 9.17) is 9.84 Å². The van der Waals surface area contributed by atoms with E-state index in [1.54, 1.807) is 55.6 Å². The molecule has 2 N–H and O–H groups in total. The maximum absolute atomic E-state index is 12.6. The normalized spacial score (nSPS) is 10.4. The van der Waals surface area contributed by atoms with Crippen LogP contribution in [0.3, 0.4) is 0 Å². The van der Waals surface area contributed by atoms with Crippen molar-refractivity contribution in [1.29, 1.82) is 0 Å². The number of carbonyl (C=O) groups excluding carboxylic acids is 2. The van der Waals surface area contributed by atoms with Gasteiger partial charge in [0, 0.05) is 29.9 Å². The van der Waals surface area contributed by atoms with Crippen molar-refractivity contribution < 1.29 is 24.2 Å². The van der Waals surface area contributed by atoms with Crippen molar-refractivity contribution in [3.8, 4) is 5.75 Å². The second kappa shape index (κ2) is 8.84. The molecule has 2 aromatic carbocycles. The number of rotatable bonds is 7. The summed E-state index contributed by atoms with van der Waals surface area (Å²) in [5.74, 6) is -1.07. The number of anilines is 1. The molecule has 0 unspecified atom stereocenters. The van der Waals surface area contributed by atoms with Crippen molar-refractivity contribution >= 4 is 23.5 Å². The Kier molecular flexibility index (Phi) is 6.54. The number of nitrogens with one attached hydrogen (secondary N) is 1. The van der Waals surface area contributed by atoms with Crippen molar-refractivity contribution in [3.05, 3.63) is 59.7 Å². The predicted octanol–water partition coefficient (Wildman–Crippen LogP) is 2.56. The van der Waals surface area contributed by atoms with Crippen LogP contribution in [0, 0.1) is 0 Å². The number of carbonyl (C=O) groups is 3. The Morgan fingerprint density at radius 3 is 2.07 bits per heavy atom. The highest BCUT2D eigenvalue weighted by Gasteiger charge is 2.15. The molecule has 0 bridgehead atoms. The molecule has 2 aromatic rings. The van der Waals surface area contributed by atoms with Crippen molar-refractivity contribution in [1.82, 2.24) is 5.32 Å². The molecular formula is C20H22N2O5. The van der Waals surface area contributed by atoms with Crippen LogP contribution in [0.2, 0.25) is 0 Å². The van der Waals surface area contributed by atoms with Crippen LogP contribution < -0.4 is 15.0 Å². The summed E-state index contributed by atoms with van der Waals surface area (Å²) in [4.78, 5) is 36.6. The molecule has 2 rings (SSSR count). The summed E-state index contributed by atoms with van der Waals surface area (Å²) in [5, 5.41) is 11.4. The van der Waals surface area contributed by atoms with Crippen molar-refractivity contribution in [2.24, 2.45) is 0 Å². The Balaban J connectivity index is 2.06. The van der Waals surface area contributed by atoms with Gasteiger partial charge in [-0.2, -0.15) is 0 Å². The van der Waals surface area contributed by atoms with Gasteiger partial charge in [0.2, 0.25) is 0 Å². The molecule has 0 saturated carbocycles. The van der Waals surface area contributed by atoms with Crippen LogP contribution in [0.1, 0.15) is 34.6 Å². The van der Waals surface area contributed by atoms with Crippen LogP contribution >= 0.6 is 0 Å². The van der Waals surface area contributed by atoms with E-state index in [0.717, 1.165) is 0 Å². The Morgan fingerprint density at radius 1 is 1.00 bits per heavy atom. The summed E-state index contributed by atoms with van der Waals surface area (Å²) in [6.07, 6.45) is 0. The number of hydrogen-bond acceptors (Lipinski definition) is 4. The number of aliphatic carboxylic acids is 1. The average Bonchev–Trinajstić information content (AvgIpc) is 2.65. The van der Waals surface area contributed by atoms with E-state index in [2.05, 4.69) is 5.32 Å². The van der Waals surface area contributed by atoms with Gasteiger partial charge in [0.05, 0.1) is 0 Å². The third-order valence-corrected chi connectivity index (χ3v) is 3.70. The van der Waals surface area contributed by atoms with Gasteiger partial charge in [-0.25, -0.2) is 4.79 Å². The molecule has 0 aliphatic carbocycles. The second-order valence-electron chi connectivity index (χ2n) is 6.25. The molecule has 0 aromatic heterocycles. The van der Waals surface area contributed by atoms with Gasteiger partial charge >= 0.3 is 5.97 Å². The number of hydrogen-bond donors (Lipinski definition) is 2. The zero-order valence-electron chi connectivity index (χ0n) is 15.4. The maximum Gasteiger partial charge on any atom is 0.341 e. The first-order valence-corrected chi connectivity index (χ1v) is 8.41. The topological polar surface area (TPSA) is 95.9 Å². The van der Waals surface area contributed by atoms with Gasteiger partial charge in [-0.05, 0) is 62.4 Å². The molecule has 0 saturated heterocycles. The van der Waals surface area contributed by atoms with E-state index in [9.17, 15) is 14.4 Å². The molecule has 0 fully saturated rings. The van der Waals surface area contributed by atoms with E-state index >= 15 is 0 Å². The van der Waals surface area contributed by atoms with Crippen molar-refractivity contribution in [2.45, 2.75) is 19.9 Å². The lowest BCUT2D eigenvalue weighted by Gasteiger charge is -2.18. The number of ether oxygens (including phenoxy) is 1. The fraction of sp³-hybridized carbons (Fsp3) is 0.250. The largest absolute Gasteiger partial charge is 0.482 e. The first-order valence-electron chi connectivity index (χ1n) is 8.41. The number of carboxylic acid groups (broad SMARTS) is 1. The van der Waals surface area contributed by atoms with Gasteiger partial charge in [-0.1, -0.05) is 0 Å². The minimum absolute atomic E-state index is 0.0346. The minimum atomic E-state index is -1.06. The first kappa shape index (κ1) is 20.0. The monoisotopic (exact) mass is 370 g/mol. The van der Waals surface area contributed by atoms with Crippen LogP contribution in [0.15, 0.2) is 48.5 Å². The van der Waals surface area contributed by atoms with Gasteiger partial charge in [0.25, 0.3) is 11.8 Å². The van der Waals surface area contributed by atoms with Gasteiger partial charge in [0.15, 0.2) is 6.61 Å². The SMILES string of the molecule is CC(C)NC(=O)c1ccc(C(=O)N(C)c2ccc(OCC(=O)O)cc2)cc1. The Morgan fingerprint density at radius 2 is 1.56 bits per heavy atom. The molecule has 0 aliphatic heterocycles. The van der Waals surface area contributed by atoms with Crippen molar-refractivity contribution in [3.63, 3.8) is 0 Å². The molecule has 0 radical (unpaired) electrons. The highest BCUT2D eigenvalue weighted by Crippen LogP contribution is 2.20. The number of carboxylic acids is 1. The molecule has 7 heteroatoms. The highest BCUT2D eigenvalue weighted by atomic mass is 16.5. The van der Waals surface area contributed by atoms with E-state index < -0.39 is 12.6 Å². The smallest absolute Gasteiger partial charge is 0.341 e. The molecule has 142 valence electrons. The van der Waals surface area contributed by atoms with Crippen LogP contribution in [0.4, 0.5) is 5.69 Å².